The van der Waals surface area contributed by atoms with Crippen LogP contribution in [0.4, 0.5) is 13.6 Å². The minimum Gasteiger partial charge on any atom is -0.444 e. The molecule has 12 heteroatoms. The highest BCUT2D eigenvalue weighted by Crippen LogP contribution is 2.27. The molecule has 0 spiro atoms. The zero-order valence-electron chi connectivity index (χ0n) is 24.9. The fourth-order valence-corrected chi connectivity index (χ4v) is 5.04. The van der Waals surface area contributed by atoms with Gasteiger partial charge in [0.15, 0.2) is 17.3 Å². The number of unbranched alkanes of at least 4 members (excludes halogenated alkanes) is 1. The predicted octanol–water partition coefficient (Wildman–Crippen LogP) is 4.23. The molecule has 1 aliphatic rings. The number of carbonyl (C=O) groups excluding carboxylic acids is 2. The summed E-state index contributed by atoms with van der Waals surface area (Å²) in [5.74, 6) is -2.29. The molecule has 10 nitrogen and oxygen atoms in total. The molecule has 2 aromatic rings. The van der Waals surface area contributed by atoms with Crippen LogP contribution in [-0.4, -0.2) is 93.5 Å². The highest BCUT2D eigenvalue weighted by Gasteiger charge is 2.38. The fraction of sp³-hybridized carbons (Fsp3) is 0.655. The molecule has 1 aromatic heterocycles. The van der Waals surface area contributed by atoms with Gasteiger partial charge in [-0.2, -0.15) is 0 Å². The molecule has 0 aliphatic carbocycles. The zero-order valence-corrected chi connectivity index (χ0v) is 24.9. The van der Waals surface area contributed by atoms with Crippen LogP contribution in [0.25, 0.3) is 5.69 Å². The van der Waals surface area contributed by atoms with Crippen LogP contribution in [0.5, 0.6) is 0 Å². The molecule has 2 heterocycles. The second-order valence-electron chi connectivity index (χ2n) is 12.0. The number of aromatic nitrogens is 3. The van der Waals surface area contributed by atoms with Crippen LogP contribution in [0, 0.1) is 23.5 Å². The summed E-state index contributed by atoms with van der Waals surface area (Å²) in [5, 5.41) is 18.2. The molecule has 0 radical (unpaired) electrons. The number of aliphatic hydroxyl groups is 1. The molecule has 0 unspecified atom stereocenters. The quantitative estimate of drug-likeness (QED) is 0.397. The third-order valence-electron chi connectivity index (χ3n) is 6.82. The number of hydrogen-bond donors (Lipinski definition) is 1. The SMILES string of the molecule is COCCCCc1c(C(=O)N(CC(C)C)[C@H]2C[C@@H](CO)CN(C(=O)OC(C)(C)C)C2)nnn1-c1c(F)cccc1F. The molecule has 1 aliphatic heterocycles. The van der Waals surface area contributed by atoms with Crippen molar-refractivity contribution in [3.63, 3.8) is 0 Å². The average Bonchev–Trinajstić information content (AvgIpc) is 3.31. The Bertz CT molecular complexity index is 1160. The Morgan fingerprint density at radius 3 is 2.44 bits per heavy atom. The lowest BCUT2D eigenvalue weighted by atomic mass is 9.93. The molecule has 3 rings (SSSR count). The van der Waals surface area contributed by atoms with Crippen LogP contribution in [-0.2, 0) is 15.9 Å². The number of methoxy groups -OCH3 is 1. The fourth-order valence-electron chi connectivity index (χ4n) is 5.04. The molecule has 0 bridgehead atoms. The Balaban J connectivity index is 2.01. The number of aliphatic hydroxyl groups excluding tert-OH is 1. The van der Waals surface area contributed by atoms with E-state index in [1.165, 1.54) is 11.0 Å². The predicted molar refractivity (Wildman–Crippen MR) is 149 cm³/mol. The number of hydrogen-bond acceptors (Lipinski definition) is 7. The second kappa shape index (κ2) is 14.2. The molecule has 41 heavy (non-hydrogen) atoms. The van der Waals surface area contributed by atoms with E-state index in [4.69, 9.17) is 9.47 Å². The molecule has 1 aromatic carbocycles. The maximum atomic E-state index is 14.8. The van der Waals surface area contributed by atoms with Gasteiger partial charge in [-0.1, -0.05) is 25.1 Å². The summed E-state index contributed by atoms with van der Waals surface area (Å²) < 4.78 is 41.4. The third kappa shape index (κ3) is 8.45. The van der Waals surface area contributed by atoms with E-state index in [0.29, 0.717) is 44.7 Å². The molecule has 2 amide bonds. The van der Waals surface area contributed by atoms with Gasteiger partial charge in [0, 0.05) is 45.9 Å². The van der Waals surface area contributed by atoms with Crippen LogP contribution in [0.15, 0.2) is 18.2 Å². The van der Waals surface area contributed by atoms with Crippen molar-refractivity contribution in [2.45, 2.75) is 71.9 Å². The second-order valence-corrected chi connectivity index (χ2v) is 12.0. The first-order valence-corrected chi connectivity index (χ1v) is 14.1. The van der Waals surface area contributed by atoms with E-state index in [0.717, 1.165) is 16.8 Å². The maximum absolute atomic E-state index is 14.8. The van der Waals surface area contributed by atoms with Gasteiger partial charge >= 0.3 is 6.09 Å². The number of para-hydroxylation sites is 1. The van der Waals surface area contributed by atoms with Crippen molar-refractivity contribution < 1.29 is 33.0 Å². The van der Waals surface area contributed by atoms with E-state index < -0.39 is 41.0 Å². The molecule has 1 N–H and O–H groups in total. The van der Waals surface area contributed by atoms with Gasteiger partial charge in [-0.15, -0.1) is 5.10 Å². The van der Waals surface area contributed by atoms with E-state index >= 15 is 0 Å². The first kappa shape index (κ1) is 32.4. The number of rotatable bonds is 11. The van der Waals surface area contributed by atoms with Crippen molar-refractivity contribution in [1.82, 2.24) is 24.8 Å². The van der Waals surface area contributed by atoms with Gasteiger partial charge in [0.1, 0.15) is 11.3 Å². The molecule has 228 valence electrons. The number of carbonyl (C=O) groups is 2. The van der Waals surface area contributed by atoms with Gasteiger partial charge in [-0.05, 0) is 64.5 Å². The topological polar surface area (TPSA) is 110 Å². The van der Waals surface area contributed by atoms with Crippen molar-refractivity contribution >= 4 is 12.0 Å². The summed E-state index contributed by atoms with van der Waals surface area (Å²) in [6.45, 7) is 10.5. The molecule has 2 atom stereocenters. The van der Waals surface area contributed by atoms with E-state index in [-0.39, 0.29) is 37.1 Å². The Labute approximate surface area is 240 Å². The minimum atomic E-state index is -0.822. The van der Waals surface area contributed by atoms with Crippen molar-refractivity contribution in [1.29, 1.82) is 0 Å². The Hall–Kier alpha value is -3.12. The smallest absolute Gasteiger partial charge is 0.410 e. The summed E-state index contributed by atoms with van der Waals surface area (Å²) >= 11 is 0. The first-order chi connectivity index (χ1) is 19.4. The average molecular weight is 580 g/mol. The molecule has 1 saturated heterocycles. The highest BCUT2D eigenvalue weighted by atomic mass is 19.1. The lowest BCUT2D eigenvalue weighted by Gasteiger charge is -2.43. The molecular formula is C29H43F2N5O5. The number of benzene rings is 1. The number of amides is 2. The van der Waals surface area contributed by atoms with Crippen molar-refractivity contribution in [3.05, 3.63) is 41.2 Å². The summed E-state index contributed by atoms with van der Waals surface area (Å²) in [7, 11) is 1.59. The summed E-state index contributed by atoms with van der Waals surface area (Å²) in [4.78, 5) is 30.3. The lowest BCUT2D eigenvalue weighted by molar-refractivity contribution is -0.00442. The van der Waals surface area contributed by atoms with Crippen LogP contribution < -0.4 is 0 Å². The van der Waals surface area contributed by atoms with E-state index in [2.05, 4.69) is 10.3 Å². The van der Waals surface area contributed by atoms with E-state index in [1.807, 2.05) is 13.8 Å². The van der Waals surface area contributed by atoms with Gasteiger partial charge in [-0.25, -0.2) is 18.3 Å². The van der Waals surface area contributed by atoms with Crippen LogP contribution in [0.2, 0.25) is 0 Å². The van der Waals surface area contributed by atoms with Gasteiger partial charge in [0.25, 0.3) is 5.91 Å². The van der Waals surface area contributed by atoms with Crippen LogP contribution >= 0.6 is 0 Å². The summed E-state index contributed by atoms with van der Waals surface area (Å²) in [6.07, 6.45) is 1.47. The van der Waals surface area contributed by atoms with Crippen LogP contribution in [0.3, 0.4) is 0 Å². The molecule has 0 saturated carbocycles. The number of ether oxygens (including phenoxy) is 2. The standard InChI is InChI=1S/C29H43F2N5O5/c1-19(2)15-35(21-14-20(18-37)16-34(17-21)28(39)41-29(3,4)5)27(38)25-24(12-7-8-13-40-6)36(33-32-25)26-22(30)10-9-11-23(26)31/h9-11,19-21,37H,7-8,12-18H2,1-6H3/t20-,21+/m1/s1. The van der Waals surface area contributed by atoms with Gasteiger partial charge in [0.05, 0.1) is 11.7 Å². The first-order valence-electron chi connectivity index (χ1n) is 14.1. The monoisotopic (exact) mass is 579 g/mol. The highest BCUT2D eigenvalue weighted by molar-refractivity contribution is 5.93. The van der Waals surface area contributed by atoms with Crippen LogP contribution in [0.1, 0.15) is 70.1 Å². The number of piperidine rings is 1. The van der Waals surface area contributed by atoms with Crippen molar-refractivity contribution in [2.75, 3.05) is 40.0 Å². The number of halogens is 2. The Kier molecular flexibility index (Phi) is 11.2. The molecular weight excluding hydrogens is 536 g/mol. The Morgan fingerprint density at radius 1 is 1.17 bits per heavy atom. The van der Waals surface area contributed by atoms with Gasteiger partial charge in [0.2, 0.25) is 0 Å². The van der Waals surface area contributed by atoms with Gasteiger partial charge < -0.3 is 24.4 Å². The third-order valence-corrected chi connectivity index (χ3v) is 6.82. The maximum Gasteiger partial charge on any atom is 0.410 e. The van der Waals surface area contributed by atoms with E-state index in [9.17, 15) is 23.5 Å². The normalized spacial score (nSPS) is 17.7. The summed E-state index contributed by atoms with van der Waals surface area (Å²) in [6, 6.07) is 3.07. The number of likely N-dealkylation sites (tertiary alicyclic amines) is 1. The van der Waals surface area contributed by atoms with Gasteiger partial charge in [-0.3, -0.25) is 4.79 Å². The minimum absolute atomic E-state index is 0.000611. The molecule has 1 fully saturated rings. The van der Waals surface area contributed by atoms with Crippen molar-refractivity contribution in [2.24, 2.45) is 11.8 Å². The van der Waals surface area contributed by atoms with E-state index in [1.54, 1.807) is 32.8 Å². The lowest BCUT2D eigenvalue weighted by Crippen LogP contribution is -2.56. The van der Waals surface area contributed by atoms with Crippen molar-refractivity contribution in [3.8, 4) is 5.69 Å². The largest absolute Gasteiger partial charge is 0.444 e. The Morgan fingerprint density at radius 2 is 1.85 bits per heavy atom. The zero-order chi connectivity index (χ0) is 30.3. The number of nitrogens with zero attached hydrogens (tertiary/aromatic N) is 5. The summed E-state index contributed by atoms with van der Waals surface area (Å²) in [5.41, 5.74) is -0.807.